The molecule has 1 aromatic heterocycles. The van der Waals surface area contributed by atoms with Crippen molar-refractivity contribution in [2.45, 2.75) is 70.1 Å². The first-order valence-electron chi connectivity index (χ1n) is 8.81. The topological polar surface area (TPSA) is 33.1 Å². The number of nitrogens with zero attached hydrogens (tertiary/aromatic N) is 3. The molecule has 0 aromatic carbocycles. The molecular weight excluding hydrogens is 260 g/mol. The highest BCUT2D eigenvalue weighted by molar-refractivity contribution is 5.02. The maximum absolute atomic E-state index is 4.86. The molecule has 2 heterocycles. The van der Waals surface area contributed by atoms with E-state index in [4.69, 9.17) is 5.10 Å². The van der Waals surface area contributed by atoms with Crippen LogP contribution in [0.1, 0.15) is 57.2 Å². The molecule has 21 heavy (non-hydrogen) atoms. The lowest BCUT2D eigenvalue weighted by Crippen LogP contribution is -2.55. The van der Waals surface area contributed by atoms with Crippen LogP contribution >= 0.6 is 0 Å². The third-order valence-electron chi connectivity index (χ3n) is 5.65. The summed E-state index contributed by atoms with van der Waals surface area (Å²) >= 11 is 0. The molecule has 1 N–H and O–H groups in total. The molecule has 4 heteroatoms. The SMILES string of the molecule is CC1CNC(C2CC2)CN1Cc1ccn(C2CCCC2)n1. The quantitative estimate of drug-likeness (QED) is 0.924. The molecule has 2 unspecified atom stereocenters. The highest BCUT2D eigenvalue weighted by Crippen LogP contribution is 2.34. The van der Waals surface area contributed by atoms with E-state index < -0.39 is 0 Å². The molecule has 2 atom stereocenters. The monoisotopic (exact) mass is 288 g/mol. The Hall–Kier alpha value is -0.870. The molecule has 1 saturated heterocycles. The molecule has 0 radical (unpaired) electrons. The van der Waals surface area contributed by atoms with Crippen LogP contribution in [0.5, 0.6) is 0 Å². The Bertz CT molecular complexity index is 473. The van der Waals surface area contributed by atoms with Gasteiger partial charge in [0.2, 0.25) is 0 Å². The van der Waals surface area contributed by atoms with Gasteiger partial charge in [0, 0.05) is 37.9 Å². The van der Waals surface area contributed by atoms with Gasteiger partial charge in [0.25, 0.3) is 0 Å². The molecule has 4 nitrogen and oxygen atoms in total. The first-order chi connectivity index (χ1) is 10.3. The Morgan fingerprint density at radius 3 is 2.81 bits per heavy atom. The van der Waals surface area contributed by atoms with Gasteiger partial charge in [0.15, 0.2) is 0 Å². The van der Waals surface area contributed by atoms with E-state index in [1.165, 1.54) is 50.8 Å². The first kappa shape index (κ1) is 13.8. The van der Waals surface area contributed by atoms with Crippen LogP contribution in [0.2, 0.25) is 0 Å². The minimum Gasteiger partial charge on any atom is -0.311 e. The minimum absolute atomic E-state index is 0.622. The number of nitrogens with one attached hydrogen (secondary N) is 1. The van der Waals surface area contributed by atoms with Gasteiger partial charge in [0.05, 0.1) is 11.7 Å². The normalized spacial score (nSPS) is 31.9. The summed E-state index contributed by atoms with van der Waals surface area (Å²) in [5.41, 5.74) is 1.25. The fraction of sp³-hybridized carbons (Fsp3) is 0.824. The van der Waals surface area contributed by atoms with E-state index in [2.05, 4.69) is 34.1 Å². The predicted molar refractivity (Wildman–Crippen MR) is 84.1 cm³/mol. The third-order valence-corrected chi connectivity index (χ3v) is 5.65. The maximum atomic E-state index is 4.86. The van der Waals surface area contributed by atoms with Crippen LogP contribution in [-0.4, -0.2) is 39.9 Å². The molecule has 116 valence electrons. The highest BCUT2D eigenvalue weighted by atomic mass is 15.3. The zero-order chi connectivity index (χ0) is 14.2. The van der Waals surface area contributed by atoms with Gasteiger partial charge in [-0.3, -0.25) is 9.58 Å². The van der Waals surface area contributed by atoms with E-state index in [1.807, 2.05) is 0 Å². The fourth-order valence-electron chi connectivity index (χ4n) is 4.02. The lowest BCUT2D eigenvalue weighted by Gasteiger charge is -2.38. The second kappa shape index (κ2) is 5.73. The maximum Gasteiger partial charge on any atom is 0.0765 e. The molecule has 3 fully saturated rings. The zero-order valence-electron chi connectivity index (χ0n) is 13.2. The molecule has 0 amide bonds. The largest absolute Gasteiger partial charge is 0.311 e. The van der Waals surface area contributed by atoms with Gasteiger partial charge in [-0.2, -0.15) is 5.10 Å². The van der Waals surface area contributed by atoms with Crippen LogP contribution in [0.15, 0.2) is 12.3 Å². The summed E-state index contributed by atoms with van der Waals surface area (Å²) in [7, 11) is 0. The standard InChI is InChI=1S/C17H28N4/c1-13-10-18-17(14-6-7-14)12-20(13)11-15-8-9-21(19-15)16-4-2-3-5-16/h8-9,13-14,16-18H,2-7,10-12H2,1H3. The van der Waals surface area contributed by atoms with E-state index in [0.717, 1.165) is 25.0 Å². The van der Waals surface area contributed by atoms with E-state index in [0.29, 0.717) is 12.1 Å². The average molecular weight is 288 g/mol. The van der Waals surface area contributed by atoms with Crippen molar-refractivity contribution >= 4 is 0 Å². The smallest absolute Gasteiger partial charge is 0.0765 e. The van der Waals surface area contributed by atoms with Gasteiger partial charge < -0.3 is 5.32 Å². The van der Waals surface area contributed by atoms with E-state index in [1.54, 1.807) is 0 Å². The van der Waals surface area contributed by atoms with Crippen molar-refractivity contribution in [2.75, 3.05) is 13.1 Å². The van der Waals surface area contributed by atoms with Crippen molar-refractivity contribution in [2.24, 2.45) is 5.92 Å². The first-order valence-corrected chi connectivity index (χ1v) is 8.81. The summed E-state index contributed by atoms with van der Waals surface area (Å²) in [5.74, 6) is 0.941. The van der Waals surface area contributed by atoms with Crippen LogP contribution in [0, 0.1) is 5.92 Å². The molecule has 0 bridgehead atoms. The minimum atomic E-state index is 0.622. The molecule has 0 spiro atoms. The fourth-order valence-corrected chi connectivity index (χ4v) is 4.02. The average Bonchev–Trinajstić information content (AvgIpc) is 3.00. The molecule has 2 aliphatic carbocycles. The number of rotatable bonds is 4. The zero-order valence-corrected chi connectivity index (χ0v) is 13.2. The number of aromatic nitrogens is 2. The summed E-state index contributed by atoms with van der Waals surface area (Å²) < 4.78 is 2.23. The lowest BCUT2D eigenvalue weighted by atomic mass is 10.1. The lowest BCUT2D eigenvalue weighted by molar-refractivity contribution is 0.123. The molecule has 2 saturated carbocycles. The molecule has 1 aliphatic heterocycles. The van der Waals surface area contributed by atoms with Gasteiger partial charge in [-0.15, -0.1) is 0 Å². The van der Waals surface area contributed by atoms with Crippen molar-refractivity contribution in [3.05, 3.63) is 18.0 Å². The Morgan fingerprint density at radius 2 is 2.05 bits per heavy atom. The van der Waals surface area contributed by atoms with Crippen LogP contribution in [-0.2, 0) is 6.54 Å². The summed E-state index contributed by atoms with van der Waals surface area (Å²) in [4.78, 5) is 2.63. The van der Waals surface area contributed by atoms with Gasteiger partial charge in [-0.1, -0.05) is 12.8 Å². The number of piperazine rings is 1. The Kier molecular flexibility index (Phi) is 3.76. The van der Waals surface area contributed by atoms with Gasteiger partial charge in [0.1, 0.15) is 0 Å². The second-order valence-electron chi connectivity index (χ2n) is 7.36. The number of hydrogen-bond donors (Lipinski definition) is 1. The van der Waals surface area contributed by atoms with Crippen LogP contribution < -0.4 is 5.32 Å². The molecule has 3 aliphatic rings. The van der Waals surface area contributed by atoms with Crippen molar-refractivity contribution in [3.63, 3.8) is 0 Å². The van der Waals surface area contributed by atoms with Crippen molar-refractivity contribution < 1.29 is 0 Å². The molecular formula is C17H28N4. The summed E-state index contributed by atoms with van der Waals surface area (Å²) in [6.45, 7) is 5.68. The van der Waals surface area contributed by atoms with E-state index in [9.17, 15) is 0 Å². The van der Waals surface area contributed by atoms with E-state index >= 15 is 0 Å². The number of hydrogen-bond acceptors (Lipinski definition) is 3. The third kappa shape index (κ3) is 3.02. The summed E-state index contributed by atoms with van der Waals surface area (Å²) in [6, 6.07) is 4.24. The summed E-state index contributed by atoms with van der Waals surface area (Å²) in [6.07, 6.45) is 10.4. The van der Waals surface area contributed by atoms with Crippen LogP contribution in [0.3, 0.4) is 0 Å². The second-order valence-corrected chi connectivity index (χ2v) is 7.36. The van der Waals surface area contributed by atoms with Crippen LogP contribution in [0.25, 0.3) is 0 Å². The Morgan fingerprint density at radius 1 is 1.24 bits per heavy atom. The van der Waals surface area contributed by atoms with Crippen LogP contribution in [0.4, 0.5) is 0 Å². The van der Waals surface area contributed by atoms with E-state index in [-0.39, 0.29) is 0 Å². The molecule has 1 aromatic rings. The Balaban J connectivity index is 1.39. The van der Waals surface area contributed by atoms with Crippen molar-refractivity contribution in [3.8, 4) is 0 Å². The summed E-state index contributed by atoms with van der Waals surface area (Å²) in [5, 5.41) is 8.59. The highest BCUT2D eigenvalue weighted by Gasteiger charge is 2.36. The van der Waals surface area contributed by atoms with Crippen molar-refractivity contribution in [1.29, 1.82) is 0 Å². The Labute approximate surface area is 127 Å². The molecule has 4 rings (SSSR count). The van der Waals surface area contributed by atoms with Gasteiger partial charge in [-0.25, -0.2) is 0 Å². The van der Waals surface area contributed by atoms with Gasteiger partial charge in [-0.05, 0) is 44.6 Å². The van der Waals surface area contributed by atoms with Gasteiger partial charge >= 0.3 is 0 Å². The predicted octanol–water partition coefficient (Wildman–Crippen LogP) is 2.57. The van der Waals surface area contributed by atoms with Crippen molar-refractivity contribution in [1.82, 2.24) is 20.0 Å².